The van der Waals surface area contributed by atoms with E-state index in [1.165, 1.54) is 4.31 Å². The average molecular weight is 436 g/mol. The molecular formula is C25H25NO4S. The molecule has 0 saturated heterocycles. The number of carbonyl (C=O) groups excluding carboxylic acids is 1. The van der Waals surface area contributed by atoms with E-state index in [0.29, 0.717) is 24.3 Å². The molecule has 31 heavy (non-hydrogen) atoms. The SMILES string of the molecule is Cc1ccc(S(=O)(=O)N2CCc3cc(OCc4ccccc4)ccc3C(=O)[C@H]2C)cc1. The Morgan fingerprint density at radius 3 is 2.42 bits per heavy atom. The molecule has 0 bridgehead atoms. The second kappa shape index (κ2) is 8.65. The van der Waals surface area contributed by atoms with Crippen LogP contribution < -0.4 is 4.74 Å². The normalized spacial score (nSPS) is 17.1. The first kappa shape index (κ1) is 21.3. The van der Waals surface area contributed by atoms with Crippen LogP contribution >= 0.6 is 0 Å². The van der Waals surface area contributed by atoms with Gasteiger partial charge in [-0.1, -0.05) is 48.0 Å². The number of benzene rings is 3. The number of Topliss-reactive ketones (excluding diaryl/α,β-unsaturated/α-hetero) is 1. The van der Waals surface area contributed by atoms with E-state index in [1.807, 2.05) is 43.3 Å². The Kier molecular flexibility index (Phi) is 5.94. The van der Waals surface area contributed by atoms with E-state index in [2.05, 4.69) is 0 Å². The Labute approximate surface area is 183 Å². The van der Waals surface area contributed by atoms with Gasteiger partial charge in [-0.25, -0.2) is 8.42 Å². The fourth-order valence-electron chi connectivity index (χ4n) is 3.80. The number of ether oxygens (including phenoxy) is 1. The topological polar surface area (TPSA) is 63.7 Å². The molecule has 0 amide bonds. The summed E-state index contributed by atoms with van der Waals surface area (Å²) >= 11 is 0. The Morgan fingerprint density at radius 2 is 1.71 bits per heavy atom. The van der Waals surface area contributed by atoms with Crippen molar-refractivity contribution in [1.29, 1.82) is 0 Å². The van der Waals surface area contributed by atoms with E-state index in [1.54, 1.807) is 43.3 Å². The predicted molar refractivity (Wildman–Crippen MR) is 120 cm³/mol. The zero-order valence-corrected chi connectivity index (χ0v) is 18.4. The van der Waals surface area contributed by atoms with Crippen LogP contribution in [-0.2, 0) is 23.1 Å². The van der Waals surface area contributed by atoms with Gasteiger partial charge < -0.3 is 4.74 Å². The maximum absolute atomic E-state index is 13.2. The van der Waals surface area contributed by atoms with Crippen molar-refractivity contribution >= 4 is 15.8 Å². The Morgan fingerprint density at radius 1 is 1.00 bits per heavy atom. The van der Waals surface area contributed by atoms with E-state index in [-0.39, 0.29) is 17.2 Å². The third-order valence-electron chi connectivity index (χ3n) is 5.63. The van der Waals surface area contributed by atoms with Crippen molar-refractivity contribution in [2.45, 2.75) is 37.8 Å². The summed E-state index contributed by atoms with van der Waals surface area (Å²) in [5.41, 5.74) is 3.40. The number of hydrogen-bond acceptors (Lipinski definition) is 4. The summed E-state index contributed by atoms with van der Waals surface area (Å²) in [6, 6.07) is 21.2. The minimum atomic E-state index is -3.78. The third-order valence-corrected chi connectivity index (χ3v) is 7.62. The highest BCUT2D eigenvalue weighted by Gasteiger charge is 2.36. The van der Waals surface area contributed by atoms with Gasteiger partial charge >= 0.3 is 0 Å². The molecule has 4 rings (SSSR count). The fourth-order valence-corrected chi connectivity index (χ4v) is 5.40. The van der Waals surface area contributed by atoms with E-state index in [0.717, 1.165) is 16.7 Å². The van der Waals surface area contributed by atoms with Crippen molar-refractivity contribution in [3.63, 3.8) is 0 Å². The van der Waals surface area contributed by atoms with E-state index in [4.69, 9.17) is 4.74 Å². The molecule has 3 aromatic carbocycles. The molecule has 3 aromatic rings. The lowest BCUT2D eigenvalue weighted by atomic mass is 9.99. The van der Waals surface area contributed by atoms with Crippen LogP contribution in [0.5, 0.6) is 5.75 Å². The van der Waals surface area contributed by atoms with Crippen molar-refractivity contribution in [2.75, 3.05) is 6.54 Å². The van der Waals surface area contributed by atoms with Gasteiger partial charge in [-0.2, -0.15) is 4.31 Å². The first-order chi connectivity index (χ1) is 14.9. The molecule has 0 radical (unpaired) electrons. The van der Waals surface area contributed by atoms with Crippen molar-refractivity contribution in [2.24, 2.45) is 0 Å². The largest absolute Gasteiger partial charge is 0.489 e. The van der Waals surface area contributed by atoms with Crippen LogP contribution in [0.3, 0.4) is 0 Å². The van der Waals surface area contributed by atoms with Crippen LogP contribution in [0.4, 0.5) is 0 Å². The van der Waals surface area contributed by atoms with Gasteiger partial charge in [-0.15, -0.1) is 0 Å². The lowest BCUT2D eigenvalue weighted by molar-refractivity contribution is 0.0915. The van der Waals surface area contributed by atoms with Crippen LogP contribution in [0.25, 0.3) is 0 Å². The molecule has 0 saturated carbocycles. The number of carbonyl (C=O) groups is 1. The molecule has 160 valence electrons. The molecule has 5 nitrogen and oxygen atoms in total. The van der Waals surface area contributed by atoms with Crippen LogP contribution in [0, 0.1) is 6.92 Å². The average Bonchev–Trinajstić information content (AvgIpc) is 2.90. The van der Waals surface area contributed by atoms with Crippen molar-refractivity contribution in [1.82, 2.24) is 4.31 Å². The lowest BCUT2D eigenvalue weighted by Gasteiger charge is -2.25. The van der Waals surface area contributed by atoms with Crippen LogP contribution in [0.2, 0.25) is 0 Å². The predicted octanol–water partition coefficient (Wildman–Crippen LogP) is 4.39. The highest BCUT2D eigenvalue weighted by Crippen LogP contribution is 2.28. The summed E-state index contributed by atoms with van der Waals surface area (Å²) in [6.45, 7) is 4.22. The third kappa shape index (κ3) is 4.40. The minimum Gasteiger partial charge on any atom is -0.489 e. The van der Waals surface area contributed by atoms with Gasteiger partial charge in [0.05, 0.1) is 10.9 Å². The number of aryl methyl sites for hydroxylation is 1. The van der Waals surface area contributed by atoms with Gasteiger partial charge in [-0.3, -0.25) is 4.79 Å². The number of nitrogens with zero attached hydrogens (tertiary/aromatic N) is 1. The molecule has 0 fully saturated rings. The standard InChI is InChI=1S/C25H25NO4S/c1-18-8-11-23(12-9-18)31(28,29)26-15-14-21-16-22(10-13-24(21)25(27)19(26)2)30-17-20-6-4-3-5-7-20/h3-13,16,19H,14-15,17H2,1-2H3/t19-/m1/s1. The van der Waals surface area contributed by atoms with Gasteiger partial charge in [0.15, 0.2) is 5.78 Å². The number of ketones is 1. The number of sulfonamides is 1. The lowest BCUT2D eigenvalue weighted by Crippen LogP contribution is -2.42. The molecule has 0 aliphatic carbocycles. The van der Waals surface area contributed by atoms with Crippen LogP contribution in [0.1, 0.15) is 34.0 Å². The molecule has 1 atom stereocenters. The molecule has 6 heteroatoms. The molecule has 1 aliphatic heterocycles. The molecule has 0 unspecified atom stereocenters. The van der Waals surface area contributed by atoms with Crippen molar-refractivity contribution < 1.29 is 17.9 Å². The first-order valence-corrected chi connectivity index (χ1v) is 11.7. The smallest absolute Gasteiger partial charge is 0.243 e. The summed E-state index contributed by atoms with van der Waals surface area (Å²) < 4.78 is 33.7. The summed E-state index contributed by atoms with van der Waals surface area (Å²) in [6.07, 6.45) is 0.443. The Balaban J connectivity index is 1.57. The van der Waals surface area contributed by atoms with Crippen molar-refractivity contribution in [3.8, 4) is 5.75 Å². The Hall–Kier alpha value is -2.96. The monoisotopic (exact) mass is 435 g/mol. The first-order valence-electron chi connectivity index (χ1n) is 10.3. The quantitative estimate of drug-likeness (QED) is 0.596. The summed E-state index contributed by atoms with van der Waals surface area (Å²) in [5.74, 6) is 0.468. The second-order valence-electron chi connectivity index (χ2n) is 7.81. The molecule has 0 N–H and O–H groups in total. The second-order valence-corrected chi connectivity index (χ2v) is 9.70. The molecule has 1 aliphatic rings. The van der Waals surface area contributed by atoms with Crippen LogP contribution in [-0.4, -0.2) is 31.1 Å². The van der Waals surface area contributed by atoms with Gasteiger partial charge in [0.2, 0.25) is 10.0 Å². The summed E-state index contributed by atoms with van der Waals surface area (Å²) in [5, 5.41) is 0. The minimum absolute atomic E-state index is 0.196. The molecule has 0 aromatic heterocycles. The van der Waals surface area contributed by atoms with Gasteiger partial charge in [0, 0.05) is 12.1 Å². The maximum Gasteiger partial charge on any atom is 0.243 e. The highest BCUT2D eigenvalue weighted by molar-refractivity contribution is 7.89. The van der Waals surface area contributed by atoms with Gasteiger partial charge in [-0.05, 0) is 61.7 Å². The summed E-state index contributed by atoms with van der Waals surface area (Å²) in [7, 11) is -3.78. The van der Waals surface area contributed by atoms with Gasteiger partial charge in [0.25, 0.3) is 0 Å². The van der Waals surface area contributed by atoms with E-state index in [9.17, 15) is 13.2 Å². The zero-order valence-electron chi connectivity index (χ0n) is 17.6. The van der Waals surface area contributed by atoms with Crippen LogP contribution in [0.15, 0.2) is 77.7 Å². The molecular weight excluding hydrogens is 410 g/mol. The molecule has 1 heterocycles. The van der Waals surface area contributed by atoms with E-state index < -0.39 is 16.1 Å². The summed E-state index contributed by atoms with van der Waals surface area (Å²) in [4.78, 5) is 13.3. The Bertz CT molecular complexity index is 1190. The van der Waals surface area contributed by atoms with Crippen molar-refractivity contribution in [3.05, 3.63) is 95.1 Å². The fraction of sp³-hybridized carbons (Fsp3) is 0.240. The number of hydrogen-bond donors (Lipinski definition) is 0. The van der Waals surface area contributed by atoms with Gasteiger partial charge in [0.1, 0.15) is 12.4 Å². The van der Waals surface area contributed by atoms with E-state index >= 15 is 0 Å². The molecule has 0 spiro atoms. The zero-order chi connectivity index (χ0) is 22.0. The number of rotatable bonds is 5. The number of fused-ring (bicyclic) bond motifs is 1. The highest BCUT2D eigenvalue weighted by atomic mass is 32.2. The maximum atomic E-state index is 13.2.